The first-order chi connectivity index (χ1) is 10.7. The number of thiophene rings is 1. The van der Waals surface area contributed by atoms with Crippen LogP contribution in [0.25, 0.3) is 5.76 Å². The van der Waals surface area contributed by atoms with Crippen molar-refractivity contribution in [3.63, 3.8) is 0 Å². The van der Waals surface area contributed by atoms with Gasteiger partial charge in [-0.1, -0.05) is 30.4 Å². The van der Waals surface area contributed by atoms with E-state index < -0.39 is 10.8 Å². The summed E-state index contributed by atoms with van der Waals surface area (Å²) in [6.45, 7) is 0.802. The average Bonchev–Trinajstić information content (AvgIpc) is 3.19. The highest BCUT2D eigenvalue weighted by Crippen LogP contribution is 2.36. The van der Waals surface area contributed by atoms with Gasteiger partial charge in [-0.05, 0) is 11.4 Å². The normalized spacial score (nSPS) is 26.7. The molecule has 2 atom stereocenters. The molecule has 0 aromatic carbocycles. The number of hydrogen-bond donors (Lipinski definition) is 0. The fraction of sp³-hybridized carbons (Fsp3) is 0.312. The van der Waals surface area contributed by atoms with E-state index in [9.17, 15) is 4.79 Å². The van der Waals surface area contributed by atoms with E-state index >= 15 is 0 Å². The molecule has 22 heavy (non-hydrogen) atoms. The predicted molar refractivity (Wildman–Crippen MR) is 87.3 cm³/mol. The second-order valence-corrected chi connectivity index (χ2v) is 6.59. The minimum Gasteiger partial charge on any atom is -0.470 e. The molecule has 2 aliphatic rings. The molecule has 116 valence electrons. The van der Waals surface area contributed by atoms with Gasteiger partial charge >= 0.3 is 5.97 Å². The summed E-state index contributed by atoms with van der Waals surface area (Å²) in [5.74, 6) is 0.475. The van der Waals surface area contributed by atoms with Crippen LogP contribution in [0.2, 0.25) is 0 Å². The molecule has 1 aliphatic heterocycles. The van der Waals surface area contributed by atoms with Crippen LogP contribution in [0.4, 0.5) is 0 Å². The Morgan fingerprint density at radius 2 is 2.45 bits per heavy atom. The third kappa shape index (κ3) is 2.66. The van der Waals surface area contributed by atoms with E-state index in [1.54, 1.807) is 17.4 Å². The van der Waals surface area contributed by atoms with Crippen LogP contribution in [0.1, 0.15) is 4.88 Å². The maximum absolute atomic E-state index is 12.3. The number of nitrogens with zero attached hydrogens (tertiary/aromatic N) is 1. The number of allylic oxidation sites excluding steroid dienone is 3. The van der Waals surface area contributed by atoms with Gasteiger partial charge in [0.25, 0.3) is 0 Å². The Kier molecular flexibility index (Phi) is 4.27. The number of carbonyl (C=O) groups is 1. The van der Waals surface area contributed by atoms with Crippen molar-refractivity contribution in [3.8, 4) is 0 Å². The van der Waals surface area contributed by atoms with Gasteiger partial charge in [0.1, 0.15) is 5.41 Å². The predicted octanol–water partition coefficient (Wildman–Crippen LogP) is 3.23. The van der Waals surface area contributed by atoms with E-state index in [1.165, 1.54) is 7.11 Å². The van der Waals surface area contributed by atoms with E-state index in [1.807, 2.05) is 46.8 Å². The van der Waals surface area contributed by atoms with Crippen LogP contribution in [0.5, 0.6) is 0 Å². The third-order valence-corrected chi connectivity index (χ3v) is 5.18. The molecule has 0 fully saturated rings. The van der Waals surface area contributed by atoms with E-state index in [4.69, 9.17) is 21.1 Å². The standard InChI is InChI=1S/C16H16ClNO3S/c1-20-15(19)16(7-3-2-6-14(16)17)10-18-9-12(21-11-18)13-5-4-8-22-13/h2-9,14H,10-11H2,1H3. The molecule has 0 amide bonds. The summed E-state index contributed by atoms with van der Waals surface area (Å²) in [7, 11) is 1.38. The Labute approximate surface area is 138 Å². The first-order valence-corrected chi connectivity index (χ1v) is 8.18. The molecule has 4 nitrogen and oxygen atoms in total. The van der Waals surface area contributed by atoms with Gasteiger partial charge in [-0.3, -0.25) is 4.79 Å². The fourth-order valence-electron chi connectivity index (χ4n) is 2.60. The number of methoxy groups -OCH3 is 1. The van der Waals surface area contributed by atoms with Gasteiger partial charge in [-0.25, -0.2) is 0 Å². The van der Waals surface area contributed by atoms with Crippen LogP contribution < -0.4 is 0 Å². The largest absolute Gasteiger partial charge is 0.470 e. The molecule has 3 rings (SSSR count). The Hall–Kier alpha value is -1.72. The van der Waals surface area contributed by atoms with E-state index in [0.29, 0.717) is 13.3 Å². The first-order valence-electron chi connectivity index (χ1n) is 6.87. The molecule has 0 radical (unpaired) electrons. The smallest absolute Gasteiger partial charge is 0.319 e. The van der Waals surface area contributed by atoms with E-state index in [2.05, 4.69) is 0 Å². The van der Waals surface area contributed by atoms with Crippen molar-refractivity contribution in [1.29, 1.82) is 0 Å². The molecular weight excluding hydrogens is 322 g/mol. The highest BCUT2D eigenvalue weighted by atomic mass is 35.5. The van der Waals surface area contributed by atoms with Crippen LogP contribution in [-0.2, 0) is 14.3 Å². The fourth-order valence-corrected chi connectivity index (χ4v) is 3.60. The zero-order chi connectivity index (χ0) is 15.6. The van der Waals surface area contributed by atoms with Gasteiger partial charge < -0.3 is 14.4 Å². The van der Waals surface area contributed by atoms with Crippen LogP contribution in [-0.4, -0.2) is 36.6 Å². The number of halogens is 1. The van der Waals surface area contributed by atoms with Crippen molar-refractivity contribution in [2.45, 2.75) is 5.38 Å². The summed E-state index contributed by atoms with van der Waals surface area (Å²) in [5.41, 5.74) is -0.907. The lowest BCUT2D eigenvalue weighted by Crippen LogP contribution is -2.47. The molecule has 0 N–H and O–H groups in total. The maximum atomic E-state index is 12.3. The number of rotatable bonds is 4. The summed E-state index contributed by atoms with van der Waals surface area (Å²) in [4.78, 5) is 15.3. The summed E-state index contributed by atoms with van der Waals surface area (Å²) in [6.07, 6.45) is 9.21. The van der Waals surface area contributed by atoms with Gasteiger partial charge in [0, 0.05) is 12.7 Å². The third-order valence-electron chi connectivity index (χ3n) is 3.76. The minimum atomic E-state index is -0.907. The Bertz CT molecular complexity index is 638. The Morgan fingerprint density at radius 1 is 1.59 bits per heavy atom. The second kappa shape index (κ2) is 6.18. The first kappa shape index (κ1) is 15.2. The molecule has 2 heterocycles. The van der Waals surface area contributed by atoms with Gasteiger partial charge in [0.15, 0.2) is 12.5 Å². The summed E-state index contributed by atoms with van der Waals surface area (Å²) >= 11 is 8.02. The SMILES string of the molecule is COC(=O)C1(CN2C=C(c3cccs3)OC2)C=CC=CC1Cl. The van der Waals surface area contributed by atoms with Crippen molar-refractivity contribution in [2.24, 2.45) is 5.41 Å². The van der Waals surface area contributed by atoms with Gasteiger partial charge in [0.2, 0.25) is 0 Å². The number of carbonyl (C=O) groups excluding carboxylic acids is 1. The average molecular weight is 338 g/mol. The van der Waals surface area contributed by atoms with Crippen molar-refractivity contribution in [2.75, 3.05) is 20.4 Å². The molecule has 0 saturated heterocycles. The van der Waals surface area contributed by atoms with Crippen LogP contribution >= 0.6 is 22.9 Å². The van der Waals surface area contributed by atoms with Gasteiger partial charge in [-0.15, -0.1) is 22.9 Å². The lowest BCUT2D eigenvalue weighted by molar-refractivity contribution is -0.150. The number of alkyl halides is 1. The zero-order valence-corrected chi connectivity index (χ0v) is 13.6. The summed E-state index contributed by atoms with van der Waals surface area (Å²) in [5, 5.41) is 1.55. The molecule has 0 spiro atoms. The lowest BCUT2D eigenvalue weighted by Gasteiger charge is -2.35. The second-order valence-electron chi connectivity index (χ2n) is 5.17. The van der Waals surface area contributed by atoms with Crippen LogP contribution in [0.15, 0.2) is 48.0 Å². The van der Waals surface area contributed by atoms with Gasteiger partial charge in [-0.2, -0.15) is 0 Å². The monoisotopic (exact) mass is 337 g/mol. The van der Waals surface area contributed by atoms with Crippen LogP contribution in [0.3, 0.4) is 0 Å². The molecule has 6 heteroatoms. The van der Waals surface area contributed by atoms with Crippen LogP contribution in [0, 0.1) is 5.41 Å². The van der Waals surface area contributed by atoms with Crippen molar-refractivity contribution < 1.29 is 14.3 Å². The number of hydrogen-bond acceptors (Lipinski definition) is 5. The lowest BCUT2D eigenvalue weighted by atomic mass is 9.80. The minimum absolute atomic E-state index is 0.342. The highest BCUT2D eigenvalue weighted by molar-refractivity contribution is 7.11. The highest BCUT2D eigenvalue weighted by Gasteiger charge is 2.45. The quantitative estimate of drug-likeness (QED) is 0.624. The molecule has 2 unspecified atom stereocenters. The molecule has 0 saturated carbocycles. The zero-order valence-electron chi connectivity index (χ0n) is 12.1. The van der Waals surface area contributed by atoms with Gasteiger partial charge in [0.05, 0.1) is 17.4 Å². The molecule has 1 aromatic rings. The number of esters is 1. The van der Waals surface area contributed by atoms with E-state index in [-0.39, 0.29) is 5.97 Å². The Morgan fingerprint density at radius 3 is 3.14 bits per heavy atom. The Balaban J connectivity index is 1.82. The molecule has 1 aromatic heterocycles. The molecule has 1 aliphatic carbocycles. The van der Waals surface area contributed by atoms with E-state index in [0.717, 1.165) is 10.6 Å². The van der Waals surface area contributed by atoms with Crippen molar-refractivity contribution in [1.82, 2.24) is 4.90 Å². The topological polar surface area (TPSA) is 38.8 Å². The number of ether oxygens (including phenoxy) is 2. The molecule has 0 bridgehead atoms. The maximum Gasteiger partial charge on any atom is 0.319 e. The summed E-state index contributed by atoms with van der Waals surface area (Å²) in [6, 6.07) is 3.98. The molecular formula is C16H16ClNO3S. The van der Waals surface area contributed by atoms with Crippen molar-refractivity contribution >= 4 is 34.7 Å². The van der Waals surface area contributed by atoms with Crippen molar-refractivity contribution in [3.05, 3.63) is 52.9 Å². The summed E-state index contributed by atoms with van der Waals surface area (Å²) < 4.78 is 10.7.